The lowest BCUT2D eigenvalue weighted by Crippen LogP contribution is -2.62. The van der Waals surface area contributed by atoms with Crippen molar-refractivity contribution in [2.75, 3.05) is 13.2 Å². The number of ether oxygens (including phenoxy) is 1. The number of amides is 1. The van der Waals surface area contributed by atoms with E-state index in [1.54, 1.807) is 18.2 Å². The second-order valence-electron chi connectivity index (χ2n) is 13.3. The number of carbonyl (C=O) groups excluding carboxylic acids is 4. The maximum Gasteiger partial charge on any atom is 0.306 e. The topological polar surface area (TPSA) is 130 Å². The highest BCUT2D eigenvalue weighted by atomic mass is 19.1. The van der Waals surface area contributed by atoms with Gasteiger partial charge in [-0.2, -0.15) is 0 Å². The molecular formula is C33H42FNO7. The number of rotatable bonds is 9. The van der Waals surface area contributed by atoms with Crippen LogP contribution < -0.4 is 5.32 Å². The van der Waals surface area contributed by atoms with Crippen molar-refractivity contribution in [3.05, 3.63) is 47.3 Å². The highest BCUT2D eigenvalue weighted by molar-refractivity contribution is 5.92. The number of allylic oxidation sites excluding steroid dienone is 1. The number of ketones is 2. The largest absolute Gasteiger partial charge is 0.458 e. The average Bonchev–Trinajstić information content (AvgIpc) is 3.22. The number of halogens is 1. The van der Waals surface area contributed by atoms with Gasteiger partial charge in [-0.3, -0.25) is 19.2 Å². The van der Waals surface area contributed by atoms with Gasteiger partial charge in [-0.1, -0.05) is 31.6 Å². The highest BCUT2D eigenvalue weighted by Gasteiger charge is 2.68. The molecule has 5 rings (SSSR count). The molecule has 8 nitrogen and oxygen atoms in total. The van der Waals surface area contributed by atoms with E-state index < -0.39 is 35.5 Å². The lowest BCUT2D eigenvalue weighted by Gasteiger charge is -2.60. The Morgan fingerprint density at radius 3 is 2.55 bits per heavy atom. The number of hydrogen-bond acceptors (Lipinski definition) is 7. The van der Waals surface area contributed by atoms with Crippen LogP contribution >= 0.6 is 0 Å². The van der Waals surface area contributed by atoms with Crippen molar-refractivity contribution in [1.29, 1.82) is 0 Å². The van der Waals surface area contributed by atoms with Gasteiger partial charge in [0, 0.05) is 24.8 Å². The van der Waals surface area contributed by atoms with Crippen LogP contribution in [-0.4, -0.2) is 58.5 Å². The summed E-state index contributed by atoms with van der Waals surface area (Å²) in [5, 5.41) is 26.0. The maximum absolute atomic E-state index is 13.4. The summed E-state index contributed by atoms with van der Waals surface area (Å²) in [6.45, 7) is 3.80. The molecule has 0 unspecified atom stereocenters. The highest BCUT2D eigenvalue weighted by Crippen LogP contribution is 2.67. The molecule has 7 atom stereocenters. The van der Waals surface area contributed by atoms with Gasteiger partial charge in [-0.05, 0) is 91.9 Å². The quantitative estimate of drug-likeness (QED) is 0.379. The molecular weight excluding hydrogens is 541 g/mol. The molecule has 228 valence electrons. The molecule has 0 bridgehead atoms. The first-order chi connectivity index (χ1) is 19.9. The zero-order valence-electron chi connectivity index (χ0n) is 24.5. The second kappa shape index (κ2) is 11.6. The van der Waals surface area contributed by atoms with Crippen molar-refractivity contribution in [3.8, 4) is 0 Å². The third-order valence-corrected chi connectivity index (χ3v) is 11.1. The lowest BCUT2D eigenvalue weighted by atomic mass is 9.45. The van der Waals surface area contributed by atoms with Gasteiger partial charge in [0.25, 0.3) is 0 Å². The molecule has 9 heteroatoms. The Morgan fingerprint density at radius 2 is 1.81 bits per heavy atom. The normalized spacial score (nSPS) is 35.4. The van der Waals surface area contributed by atoms with Crippen molar-refractivity contribution in [2.24, 2.45) is 28.6 Å². The first-order valence-corrected chi connectivity index (χ1v) is 15.2. The molecule has 4 aliphatic carbocycles. The van der Waals surface area contributed by atoms with Crippen molar-refractivity contribution in [3.63, 3.8) is 0 Å². The maximum atomic E-state index is 13.4. The van der Waals surface area contributed by atoms with Gasteiger partial charge < -0.3 is 20.3 Å². The van der Waals surface area contributed by atoms with Crippen molar-refractivity contribution in [1.82, 2.24) is 5.32 Å². The first-order valence-electron chi connectivity index (χ1n) is 15.2. The third-order valence-electron chi connectivity index (χ3n) is 11.1. The minimum Gasteiger partial charge on any atom is -0.458 e. The van der Waals surface area contributed by atoms with E-state index in [4.69, 9.17) is 4.74 Å². The van der Waals surface area contributed by atoms with Gasteiger partial charge >= 0.3 is 5.97 Å². The van der Waals surface area contributed by atoms with Crippen LogP contribution in [0.4, 0.5) is 4.39 Å². The third kappa shape index (κ3) is 5.46. The van der Waals surface area contributed by atoms with Gasteiger partial charge in [0.05, 0.1) is 12.5 Å². The van der Waals surface area contributed by atoms with Gasteiger partial charge in [-0.25, -0.2) is 4.39 Å². The Morgan fingerprint density at radius 1 is 1.07 bits per heavy atom. The van der Waals surface area contributed by atoms with E-state index in [0.717, 1.165) is 24.0 Å². The van der Waals surface area contributed by atoms with Crippen LogP contribution in [0.25, 0.3) is 0 Å². The fourth-order valence-electron chi connectivity index (χ4n) is 8.79. The van der Waals surface area contributed by atoms with E-state index in [1.165, 1.54) is 12.1 Å². The zero-order chi connectivity index (χ0) is 30.3. The SMILES string of the molecule is C[C@]12CCC(=O)C=C1CC[C@@H]1[C@H]2[C@@H](O)C[C@@]2(C)[C@H]1CC[C@]2(O)C(=O)COC(=O)CCC(=O)NCCc1ccc(F)cc1. The summed E-state index contributed by atoms with van der Waals surface area (Å²) in [5.41, 5.74) is -0.836. The molecule has 0 radical (unpaired) electrons. The number of Topliss-reactive ketones (excluding diaryl/α,β-unsaturated/α-hetero) is 1. The molecule has 4 aliphatic rings. The van der Waals surface area contributed by atoms with Crippen molar-refractivity contribution in [2.45, 2.75) is 89.8 Å². The standard InChI is InChI=1S/C33H42FNO7/c1-31-14-11-23(36)17-21(31)5-8-24-25-12-15-33(41,32(25,2)18-26(37)30(24)31)27(38)19-42-29(40)10-9-28(39)35-16-13-20-3-6-22(34)7-4-20/h3-4,6-7,17,24-26,30,37,41H,5,8-16,18-19H2,1-2H3,(H,35,39)/t24-,25-,26-,30-,31-,32-,33-/m0/s1. The molecule has 0 aliphatic heterocycles. The van der Waals surface area contributed by atoms with Crippen LogP contribution in [0.2, 0.25) is 0 Å². The lowest BCUT2D eigenvalue weighted by molar-refractivity contribution is -0.184. The van der Waals surface area contributed by atoms with Crippen LogP contribution in [0.5, 0.6) is 0 Å². The predicted octanol–water partition coefficient (Wildman–Crippen LogP) is 3.61. The van der Waals surface area contributed by atoms with E-state index in [1.807, 2.05) is 6.92 Å². The summed E-state index contributed by atoms with van der Waals surface area (Å²) in [6.07, 6.45) is 5.22. The fraction of sp³-hybridized carbons (Fsp3) is 0.636. The van der Waals surface area contributed by atoms with Crippen LogP contribution in [0.1, 0.15) is 77.2 Å². The van der Waals surface area contributed by atoms with Crippen LogP contribution in [0.15, 0.2) is 35.9 Å². The van der Waals surface area contributed by atoms with Gasteiger partial charge in [-0.15, -0.1) is 0 Å². The summed E-state index contributed by atoms with van der Waals surface area (Å²) < 4.78 is 18.2. The summed E-state index contributed by atoms with van der Waals surface area (Å²) in [6, 6.07) is 6.00. The Balaban J connectivity index is 1.13. The van der Waals surface area contributed by atoms with Crippen molar-refractivity contribution >= 4 is 23.4 Å². The van der Waals surface area contributed by atoms with E-state index >= 15 is 0 Å². The summed E-state index contributed by atoms with van der Waals surface area (Å²) in [5.74, 6) is -1.65. The first kappa shape index (κ1) is 30.5. The van der Waals surface area contributed by atoms with Crippen molar-refractivity contribution < 1.29 is 38.5 Å². The van der Waals surface area contributed by atoms with Gasteiger partial charge in [0.1, 0.15) is 11.4 Å². The van der Waals surface area contributed by atoms with Crippen LogP contribution in [0.3, 0.4) is 0 Å². The predicted molar refractivity (Wildman–Crippen MR) is 151 cm³/mol. The Bertz CT molecular complexity index is 1280. The molecule has 1 amide bonds. The Kier molecular flexibility index (Phi) is 8.47. The molecule has 3 saturated carbocycles. The summed E-state index contributed by atoms with van der Waals surface area (Å²) in [4.78, 5) is 50.0. The molecule has 0 spiro atoms. The molecule has 0 aromatic heterocycles. The number of fused-ring (bicyclic) bond motifs is 5. The second-order valence-corrected chi connectivity index (χ2v) is 13.3. The average molecular weight is 584 g/mol. The number of nitrogens with one attached hydrogen (secondary N) is 1. The van der Waals surface area contributed by atoms with Gasteiger partial charge in [0.2, 0.25) is 11.7 Å². The summed E-state index contributed by atoms with van der Waals surface area (Å²) in [7, 11) is 0. The number of carbonyl (C=O) groups is 4. The molecule has 1 aromatic rings. The van der Waals surface area contributed by atoms with Gasteiger partial charge in [0.15, 0.2) is 12.4 Å². The number of aliphatic hydroxyl groups excluding tert-OH is 1. The van der Waals surface area contributed by atoms with E-state index in [-0.39, 0.29) is 66.4 Å². The van der Waals surface area contributed by atoms with E-state index in [2.05, 4.69) is 12.2 Å². The van der Waals surface area contributed by atoms with Crippen LogP contribution in [-0.2, 0) is 30.3 Å². The fourth-order valence-corrected chi connectivity index (χ4v) is 8.79. The van der Waals surface area contributed by atoms with E-state index in [9.17, 15) is 33.8 Å². The number of benzene rings is 1. The monoisotopic (exact) mass is 583 g/mol. The minimum atomic E-state index is -1.72. The minimum absolute atomic E-state index is 0.0270. The molecule has 3 N–H and O–H groups in total. The number of aliphatic hydroxyl groups is 2. The Labute approximate surface area is 246 Å². The van der Waals surface area contributed by atoms with Crippen LogP contribution in [0, 0.1) is 34.4 Å². The molecule has 1 aromatic carbocycles. The number of hydrogen-bond donors (Lipinski definition) is 3. The molecule has 3 fully saturated rings. The van der Waals surface area contributed by atoms with E-state index in [0.29, 0.717) is 32.2 Å². The Hall–Kier alpha value is -2.91. The smallest absolute Gasteiger partial charge is 0.306 e. The summed E-state index contributed by atoms with van der Waals surface area (Å²) >= 11 is 0. The number of esters is 1. The molecule has 0 heterocycles. The zero-order valence-corrected chi connectivity index (χ0v) is 24.5. The molecule has 42 heavy (non-hydrogen) atoms. The molecule has 0 saturated heterocycles.